The van der Waals surface area contributed by atoms with Crippen molar-refractivity contribution in [2.24, 2.45) is 0 Å². The molecule has 0 radical (unpaired) electrons. The normalized spacial score (nSPS) is 11.6. The van der Waals surface area contributed by atoms with Gasteiger partial charge in [0.05, 0.1) is 11.3 Å². The summed E-state index contributed by atoms with van der Waals surface area (Å²) in [6.45, 7) is 0. The minimum absolute atomic E-state index is 0.257. The van der Waals surface area contributed by atoms with E-state index in [2.05, 4.69) is 15.5 Å². The molecule has 3 aromatic rings. The lowest BCUT2D eigenvalue weighted by atomic mass is 10.1. The molecule has 132 valence electrons. The summed E-state index contributed by atoms with van der Waals surface area (Å²) in [4.78, 5) is 26.7. The zero-order valence-electron chi connectivity index (χ0n) is 14.3. The lowest BCUT2D eigenvalue weighted by Gasteiger charge is -2.21. The van der Waals surface area contributed by atoms with E-state index in [1.165, 1.54) is 15.9 Å². The van der Waals surface area contributed by atoms with Crippen molar-refractivity contribution in [3.8, 4) is 5.69 Å². The number of esters is 1. The second-order valence-corrected chi connectivity index (χ2v) is 5.70. The summed E-state index contributed by atoms with van der Waals surface area (Å²) in [5.74, 6) is -0.968. The van der Waals surface area contributed by atoms with Crippen molar-refractivity contribution < 1.29 is 14.3 Å². The molecule has 0 bridgehead atoms. The number of hydrogen-bond acceptors (Lipinski definition) is 6. The molecule has 0 N–H and O–H groups in total. The molecular formula is C18H17N5O3. The third-order valence-electron chi connectivity index (χ3n) is 3.71. The molecule has 26 heavy (non-hydrogen) atoms. The fraction of sp³-hybridized carbons (Fsp3) is 0.167. The maximum absolute atomic E-state index is 12.8. The standard InChI is InChI=1S/C18H17N5O3/c1-22(2)17(24)16(13-8-4-3-5-9-13)26-18(25)14-10-6-7-11-15(14)23-12-19-20-21-23/h3-12,16H,1-2H3. The summed E-state index contributed by atoms with van der Waals surface area (Å²) >= 11 is 0. The molecule has 0 saturated carbocycles. The van der Waals surface area contributed by atoms with Gasteiger partial charge in [0, 0.05) is 19.7 Å². The van der Waals surface area contributed by atoms with Gasteiger partial charge in [-0.05, 0) is 22.6 Å². The van der Waals surface area contributed by atoms with Crippen LogP contribution in [0.25, 0.3) is 5.69 Å². The summed E-state index contributed by atoms with van der Waals surface area (Å²) in [5.41, 5.74) is 1.32. The molecule has 1 unspecified atom stereocenters. The van der Waals surface area contributed by atoms with Gasteiger partial charge in [0.15, 0.2) is 0 Å². The molecule has 8 heteroatoms. The van der Waals surface area contributed by atoms with Gasteiger partial charge in [0.1, 0.15) is 6.33 Å². The van der Waals surface area contributed by atoms with E-state index in [1.807, 2.05) is 6.07 Å². The maximum atomic E-state index is 12.8. The van der Waals surface area contributed by atoms with Gasteiger partial charge in [0.25, 0.3) is 5.91 Å². The molecule has 0 aliphatic carbocycles. The van der Waals surface area contributed by atoms with Gasteiger partial charge >= 0.3 is 5.97 Å². The van der Waals surface area contributed by atoms with Crippen LogP contribution in [-0.2, 0) is 9.53 Å². The molecule has 0 fully saturated rings. The zero-order chi connectivity index (χ0) is 18.5. The van der Waals surface area contributed by atoms with Crippen molar-refractivity contribution in [2.75, 3.05) is 14.1 Å². The Labute approximate surface area is 150 Å². The van der Waals surface area contributed by atoms with Crippen LogP contribution < -0.4 is 0 Å². The van der Waals surface area contributed by atoms with Gasteiger partial charge in [-0.2, -0.15) is 4.68 Å². The smallest absolute Gasteiger partial charge is 0.341 e. The summed E-state index contributed by atoms with van der Waals surface area (Å²) < 4.78 is 6.94. The first-order chi connectivity index (χ1) is 12.6. The number of para-hydroxylation sites is 1. The molecule has 8 nitrogen and oxygen atoms in total. The molecule has 3 rings (SSSR count). The SMILES string of the molecule is CN(C)C(=O)C(OC(=O)c1ccccc1-n1cnnn1)c1ccccc1. The first kappa shape index (κ1) is 17.3. The Bertz CT molecular complexity index is 894. The van der Waals surface area contributed by atoms with Gasteiger partial charge in [0.2, 0.25) is 6.10 Å². The largest absolute Gasteiger partial charge is 0.444 e. The van der Waals surface area contributed by atoms with Crippen LogP contribution in [0.2, 0.25) is 0 Å². The molecule has 1 heterocycles. The van der Waals surface area contributed by atoms with Crippen LogP contribution in [0.4, 0.5) is 0 Å². The topological polar surface area (TPSA) is 90.2 Å². The first-order valence-electron chi connectivity index (χ1n) is 7.87. The Kier molecular flexibility index (Phi) is 5.02. The van der Waals surface area contributed by atoms with Crippen LogP contribution in [0.1, 0.15) is 22.0 Å². The number of carbonyl (C=O) groups is 2. The number of tetrazole rings is 1. The Morgan fingerprint density at radius 2 is 1.73 bits per heavy atom. The van der Waals surface area contributed by atoms with E-state index >= 15 is 0 Å². The second-order valence-electron chi connectivity index (χ2n) is 5.70. The number of ether oxygens (including phenoxy) is 1. The van der Waals surface area contributed by atoms with Crippen molar-refractivity contribution in [1.82, 2.24) is 25.1 Å². The van der Waals surface area contributed by atoms with Crippen molar-refractivity contribution >= 4 is 11.9 Å². The summed E-state index contributed by atoms with van der Waals surface area (Å²) in [7, 11) is 3.22. The maximum Gasteiger partial charge on any atom is 0.341 e. The lowest BCUT2D eigenvalue weighted by molar-refractivity contribution is -0.138. The number of carbonyl (C=O) groups excluding carboxylic acids is 2. The van der Waals surface area contributed by atoms with Crippen LogP contribution in [0.3, 0.4) is 0 Å². The Morgan fingerprint density at radius 1 is 1.04 bits per heavy atom. The van der Waals surface area contributed by atoms with E-state index in [0.717, 1.165) is 0 Å². The predicted molar refractivity (Wildman–Crippen MR) is 92.4 cm³/mol. The number of benzene rings is 2. The van der Waals surface area contributed by atoms with Crippen LogP contribution in [0.15, 0.2) is 60.9 Å². The lowest BCUT2D eigenvalue weighted by Crippen LogP contribution is -2.31. The third-order valence-corrected chi connectivity index (χ3v) is 3.71. The Hall–Kier alpha value is -3.55. The second kappa shape index (κ2) is 7.56. The molecule has 0 spiro atoms. The quantitative estimate of drug-likeness (QED) is 0.649. The summed E-state index contributed by atoms with van der Waals surface area (Å²) in [6.07, 6.45) is 0.340. The van der Waals surface area contributed by atoms with Crippen LogP contribution in [-0.4, -0.2) is 51.1 Å². The number of rotatable bonds is 5. The molecule has 1 amide bonds. The van der Waals surface area contributed by atoms with Crippen molar-refractivity contribution in [2.45, 2.75) is 6.10 Å². The van der Waals surface area contributed by atoms with E-state index < -0.39 is 12.1 Å². The van der Waals surface area contributed by atoms with Crippen molar-refractivity contribution in [3.63, 3.8) is 0 Å². The Morgan fingerprint density at radius 3 is 2.38 bits per heavy atom. The highest BCUT2D eigenvalue weighted by molar-refractivity contribution is 5.95. The number of hydrogen-bond donors (Lipinski definition) is 0. The van der Waals surface area contributed by atoms with Crippen LogP contribution >= 0.6 is 0 Å². The van der Waals surface area contributed by atoms with Gasteiger partial charge in [-0.3, -0.25) is 4.79 Å². The fourth-order valence-electron chi connectivity index (χ4n) is 2.41. The average Bonchev–Trinajstić information content (AvgIpc) is 3.20. The van der Waals surface area contributed by atoms with Gasteiger partial charge in [-0.25, -0.2) is 4.79 Å². The minimum Gasteiger partial charge on any atom is -0.444 e. The monoisotopic (exact) mass is 351 g/mol. The van der Waals surface area contributed by atoms with E-state index in [4.69, 9.17) is 4.74 Å². The number of amides is 1. The molecule has 0 aliphatic heterocycles. The van der Waals surface area contributed by atoms with E-state index in [9.17, 15) is 9.59 Å². The molecule has 1 aromatic heterocycles. The molecule has 1 atom stereocenters. The van der Waals surface area contributed by atoms with E-state index in [-0.39, 0.29) is 11.5 Å². The van der Waals surface area contributed by atoms with Gasteiger partial charge in [-0.15, -0.1) is 5.10 Å². The predicted octanol–water partition coefficient (Wildman–Crippen LogP) is 1.65. The van der Waals surface area contributed by atoms with Crippen molar-refractivity contribution in [3.05, 3.63) is 72.1 Å². The first-order valence-corrected chi connectivity index (χ1v) is 7.87. The number of likely N-dealkylation sites (N-methyl/N-ethyl adjacent to an activating group) is 1. The molecular weight excluding hydrogens is 334 g/mol. The number of aromatic nitrogens is 4. The van der Waals surface area contributed by atoms with Crippen LogP contribution in [0.5, 0.6) is 0 Å². The van der Waals surface area contributed by atoms with Crippen molar-refractivity contribution in [1.29, 1.82) is 0 Å². The van der Waals surface area contributed by atoms with Crippen LogP contribution in [0, 0.1) is 0 Å². The summed E-state index contributed by atoms with van der Waals surface area (Å²) in [5, 5.41) is 11.0. The van der Waals surface area contributed by atoms with Gasteiger partial charge in [-0.1, -0.05) is 42.5 Å². The highest BCUT2D eigenvalue weighted by Crippen LogP contribution is 2.23. The molecule has 0 saturated heterocycles. The highest BCUT2D eigenvalue weighted by Gasteiger charge is 2.28. The zero-order valence-corrected chi connectivity index (χ0v) is 14.3. The van der Waals surface area contributed by atoms with Gasteiger partial charge < -0.3 is 9.64 Å². The minimum atomic E-state index is -1.04. The number of nitrogens with zero attached hydrogens (tertiary/aromatic N) is 5. The fourth-order valence-corrected chi connectivity index (χ4v) is 2.41. The Balaban J connectivity index is 1.93. The average molecular weight is 351 g/mol. The van der Waals surface area contributed by atoms with E-state index in [0.29, 0.717) is 11.3 Å². The highest BCUT2D eigenvalue weighted by atomic mass is 16.5. The van der Waals surface area contributed by atoms with E-state index in [1.54, 1.807) is 62.6 Å². The molecule has 0 aliphatic rings. The third kappa shape index (κ3) is 3.59. The summed E-state index contributed by atoms with van der Waals surface area (Å²) in [6, 6.07) is 15.6. The molecule has 2 aromatic carbocycles.